The van der Waals surface area contributed by atoms with E-state index in [0.717, 1.165) is 16.7 Å². The fourth-order valence-electron chi connectivity index (χ4n) is 2.80. The highest BCUT2D eigenvalue weighted by Crippen LogP contribution is 2.31. The van der Waals surface area contributed by atoms with E-state index in [1.165, 1.54) is 12.1 Å². The van der Waals surface area contributed by atoms with Gasteiger partial charge in [0.1, 0.15) is 18.2 Å². The van der Waals surface area contributed by atoms with Crippen LogP contribution in [0, 0.1) is 17.1 Å². The largest absolute Gasteiger partial charge is 0.493 e. The van der Waals surface area contributed by atoms with E-state index in [1.807, 2.05) is 36.4 Å². The third-order valence-electron chi connectivity index (χ3n) is 4.30. The van der Waals surface area contributed by atoms with Crippen molar-refractivity contribution in [3.05, 3.63) is 89.2 Å². The predicted molar refractivity (Wildman–Crippen MR) is 110 cm³/mol. The number of hydrogen-bond donors (Lipinski definition) is 0. The van der Waals surface area contributed by atoms with Crippen molar-refractivity contribution in [1.82, 2.24) is 0 Å². The van der Waals surface area contributed by atoms with Crippen LogP contribution in [0.25, 0.3) is 11.6 Å². The van der Waals surface area contributed by atoms with Crippen molar-refractivity contribution in [3.63, 3.8) is 0 Å². The molecular weight excluding hydrogens is 369 g/mol. The number of ether oxygens (including phenoxy) is 3. The lowest BCUT2D eigenvalue weighted by Crippen LogP contribution is -1.95. The maximum absolute atomic E-state index is 13.2. The Balaban J connectivity index is 1.74. The topological polar surface area (TPSA) is 51.5 Å². The molecule has 0 radical (unpaired) electrons. The van der Waals surface area contributed by atoms with E-state index < -0.39 is 0 Å². The molecule has 146 valence electrons. The zero-order valence-corrected chi connectivity index (χ0v) is 16.2. The van der Waals surface area contributed by atoms with Gasteiger partial charge in [-0.2, -0.15) is 5.26 Å². The van der Waals surface area contributed by atoms with Crippen molar-refractivity contribution in [2.75, 3.05) is 14.2 Å². The van der Waals surface area contributed by atoms with Crippen molar-refractivity contribution in [2.45, 2.75) is 6.61 Å². The fraction of sp³-hybridized carbons (Fsp3) is 0.125. The SMILES string of the molecule is COc1ccc(/C(C#N)=C/c2ccc(OCc3cccc(F)c3)cc2)cc1OC. The molecule has 5 heteroatoms. The smallest absolute Gasteiger partial charge is 0.161 e. The third kappa shape index (κ3) is 5.14. The summed E-state index contributed by atoms with van der Waals surface area (Å²) in [5.41, 5.74) is 2.85. The molecule has 3 aromatic rings. The molecule has 0 saturated heterocycles. The van der Waals surface area contributed by atoms with Gasteiger partial charge in [-0.1, -0.05) is 24.3 Å². The standard InChI is InChI=1S/C24H20FNO3/c1-27-23-11-8-19(14-24(23)28-2)20(15-26)12-17-6-9-22(10-7-17)29-16-18-4-3-5-21(25)13-18/h3-14H,16H2,1-2H3/b20-12+. The van der Waals surface area contributed by atoms with Crippen LogP contribution in [0.3, 0.4) is 0 Å². The molecule has 4 nitrogen and oxygen atoms in total. The van der Waals surface area contributed by atoms with Gasteiger partial charge in [0.15, 0.2) is 11.5 Å². The quantitative estimate of drug-likeness (QED) is 0.396. The van der Waals surface area contributed by atoms with Gasteiger partial charge in [-0.05, 0) is 65.2 Å². The van der Waals surface area contributed by atoms with Gasteiger partial charge in [0.25, 0.3) is 0 Å². The lowest BCUT2D eigenvalue weighted by atomic mass is 10.0. The van der Waals surface area contributed by atoms with Crippen molar-refractivity contribution < 1.29 is 18.6 Å². The highest BCUT2D eigenvalue weighted by molar-refractivity contribution is 5.90. The first kappa shape index (κ1) is 20.0. The first-order valence-electron chi connectivity index (χ1n) is 8.94. The Morgan fingerprint density at radius 1 is 0.966 bits per heavy atom. The van der Waals surface area contributed by atoms with Crippen LogP contribution in [0.2, 0.25) is 0 Å². The molecule has 0 spiro atoms. The van der Waals surface area contributed by atoms with Crippen molar-refractivity contribution in [1.29, 1.82) is 5.26 Å². The van der Waals surface area contributed by atoms with Gasteiger partial charge >= 0.3 is 0 Å². The molecule has 0 aliphatic rings. The number of hydrogen-bond acceptors (Lipinski definition) is 4. The van der Waals surface area contributed by atoms with Crippen LogP contribution in [-0.2, 0) is 6.61 Å². The Morgan fingerprint density at radius 2 is 1.72 bits per heavy atom. The van der Waals surface area contributed by atoms with Crippen molar-refractivity contribution in [3.8, 4) is 23.3 Å². The molecular formula is C24H20FNO3. The minimum absolute atomic E-state index is 0.280. The minimum Gasteiger partial charge on any atom is -0.493 e. The van der Waals surface area contributed by atoms with Gasteiger partial charge in [-0.25, -0.2) is 4.39 Å². The molecule has 0 saturated carbocycles. The Kier molecular flexibility index (Phi) is 6.49. The van der Waals surface area contributed by atoms with Crippen LogP contribution in [0.15, 0.2) is 66.7 Å². The van der Waals surface area contributed by atoms with Gasteiger partial charge in [0.2, 0.25) is 0 Å². The third-order valence-corrected chi connectivity index (χ3v) is 4.30. The van der Waals surface area contributed by atoms with E-state index in [0.29, 0.717) is 22.8 Å². The summed E-state index contributed by atoms with van der Waals surface area (Å²) in [7, 11) is 3.12. The number of rotatable bonds is 7. The van der Waals surface area contributed by atoms with Crippen LogP contribution in [-0.4, -0.2) is 14.2 Å². The second-order valence-electron chi connectivity index (χ2n) is 6.23. The van der Waals surface area contributed by atoms with E-state index in [9.17, 15) is 9.65 Å². The summed E-state index contributed by atoms with van der Waals surface area (Å²) in [6.45, 7) is 0.280. The number of methoxy groups -OCH3 is 2. The van der Waals surface area contributed by atoms with E-state index >= 15 is 0 Å². The molecule has 0 amide bonds. The molecule has 0 aliphatic heterocycles. The molecule has 0 aliphatic carbocycles. The molecule has 0 heterocycles. The highest BCUT2D eigenvalue weighted by atomic mass is 19.1. The van der Waals surface area contributed by atoms with Crippen LogP contribution >= 0.6 is 0 Å². The van der Waals surface area contributed by atoms with E-state index in [-0.39, 0.29) is 12.4 Å². The Morgan fingerprint density at radius 3 is 2.38 bits per heavy atom. The summed E-state index contributed by atoms with van der Waals surface area (Å²) in [4.78, 5) is 0. The second-order valence-corrected chi connectivity index (χ2v) is 6.23. The monoisotopic (exact) mass is 389 g/mol. The average Bonchev–Trinajstić information content (AvgIpc) is 2.76. The second kappa shape index (κ2) is 9.43. The number of allylic oxidation sites excluding steroid dienone is 1. The van der Waals surface area contributed by atoms with Crippen molar-refractivity contribution in [2.24, 2.45) is 0 Å². The Hall–Kier alpha value is -3.78. The Labute approximate surface area is 169 Å². The number of benzene rings is 3. The van der Waals surface area contributed by atoms with Gasteiger partial charge in [0.05, 0.1) is 25.9 Å². The lowest BCUT2D eigenvalue weighted by Gasteiger charge is -2.09. The average molecular weight is 389 g/mol. The zero-order chi connectivity index (χ0) is 20.6. The van der Waals surface area contributed by atoms with E-state index in [4.69, 9.17) is 14.2 Å². The predicted octanol–water partition coefficient (Wildman–Crippen LogP) is 5.49. The molecule has 3 aromatic carbocycles. The summed E-state index contributed by atoms with van der Waals surface area (Å²) >= 11 is 0. The molecule has 0 bridgehead atoms. The molecule has 29 heavy (non-hydrogen) atoms. The van der Waals surface area contributed by atoms with Crippen molar-refractivity contribution >= 4 is 11.6 Å². The molecule has 0 fully saturated rings. The van der Waals surface area contributed by atoms with Gasteiger partial charge in [0, 0.05) is 0 Å². The van der Waals surface area contributed by atoms with Gasteiger partial charge < -0.3 is 14.2 Å². The fourth-order valence-corrected chi connectivity index (χ4v) is 2.80. The highest BCUT2D eigenvalue weighted by Gasteiger charge is 2.08. The number of nitriles is 1. The minimum atomic E-state index is -0.286. The molecule has 0 aromatic heterocycles. The maximum atomic E-state index is 13.2. The van der Waals surface area contributed by atoms with Gasteiger partial charge in [-0.3, -0.25) is 0 Å². The Bertz CT molecular complexity index is 1050. The van der Waals surface area contributed by atoms with Crippen LogP contribution in [0.4, 0.5) is 4.39 Å². The molecule has 0 unspecified atom stereocenters. The summed E-state index contributed by atoms with van der Waals surface area (Å²) in [6.07, 6.45) is 1.79. The number of nitrogens with zero attached hydrogens (tertiary/aromatic N) is 1. The normalized spacial score (nSPS) is 10.9. The van der Waals surface area contributed by atoms with Crippen LogP contribution < -0.4 is 14.2 Å². The molecule has 0 N–H and O–H groups in total. The summed E-state index contributed by atoms with van der Waals surface area (Å²) in [5, 5.41) is 9.57. The van der Waals surface area contributed by atoms with Crippen LogP contribution in [0.1, 0.15) is 16.7 Å². The van der Waals surface area contributed by atoms with E-state index in [2.05, 4.69) is 6.07 Å². The maximum Gasteiger partial charge on any atom is 0.161 e. The summed E-state index contributed by atoms with van der Waals surface area (Å²) in [5.74, 6) is 1.54. The first-order chi connectivity index (χ1) is 14.1. The number of halogens is 1. The van der Waals surface area contributed by atoms with Gasteiger partial charge in [-0.15, -0.1) is 0 Å². The van der Waals surface area contributed by atoms with Crippen LogP contribution in [0.5, 0.6) is 17.2 Å². The lowest BCUT2D eigenvalue weighted by molar-refractivity contribution is 0.305. The molecule has 3 rings (SSSR count). The first-order valence-corrected chi connectivity index (χ1v) is 8.94. The van der Waals surface area contributed by atoms with E-state index in [1.54, 1.807) is 38.5 Å². The summed E-state index contributed by atoms with van der Waals surface area (Å²) in [6, 6.07) is 21.2. The molecule has 0 atom stereocenters. The summed E-state index contributed by atoms with van der Waals surface area (Å²) < 4.78 is 29.5. The zero-order valence-electron chi connectivity index (χ0n) is 16.2.